The summed E-state index contributed by atoms with van der Waals surface area (Å²) >= 11 is 1.80. The Labute approximate surface area is 256 Å². The van der Waals surface area contributed by atoms with Crippen LogP contribution in [0.5, 0.6) is 0 Å². The van der Waals surface area contributed by atoms with Crippen molar-refractivity contribution in [2.24, 2.45) is 0 Å². The van der Waals surface area contributed by atoms with Crippen molar-refractivity contribution in [3.63, 3.8) is 0 Å². The summed E-state index contributed by atoms with van der Waals surface area (Å²) in [6.45, 7) is 0. The van der Waals surface area contributed by atoms with Crippen molar-refractivity contribution in [3.05, 3.63) is 134 Å². The van der Waals surface area contributed by atoms with E-state index >= 15 is 0 Å². The van der Waals surface area contributed by atoms with Gasteiger partial charge in [-0.15, -0.1) is 11.3 Å². The summed E-state index contributed by atoms with van der Waals surface area (Å²) in [5.41, 5.74) is 8.46. The van der Waals surface area contributed by atoms with E-state index in [1.165, 1.54) is 20.2 Å². The van der Waals surface area contributed by atoms with Gasteiger partial charge >= 0.3 is 0 Å². The molecule has 3 aromatic carbocycles. The van der Waals surface area contributed by atoms with Gasteiger partial charge in [0.15, 0.2) is 0 Å². The van der Waals surface area contributed by atoms with E-state index in [1.54, 1.807) is 36.1 Å². The van der Waals surface area contributed by atoms with E-state index in [-0.39, 0.29) is 0 Å². The molecule has 0 aliphatic carbocycles. The second-order valence-electron chi connectivity index (χ2n) is 10.6. The third-order valence-electron chi connectivity index (χ3n) is 8.04. The Morgan fingerprint density at radius 1 is 0.455 bits per heavy atom. The molecule has 6 heterocycles. The summed E-state index contributed by atoms with van der Waals surface area (Å²) in [4.78, 5) is 24.0. The van der Waals surface area contributed by atoms with Crippen molar-refractivity contribution in [2.45, 2.75) is 0 Å². The molecule has 0 saturated heterocycles. The highest BCUT2D eigenvalue weighted by atomic mass is 32.1. The maximum absolute atomic E-state index is 5.26. The Morgan fingerprint density at radius 2 is 1.11 bits per heavy atom. The first kappa shape index (κ1) is 24.8. The maximum Gasteiger partial charge on any atom is 0.235 e. The molecular formula is C37H22N6S. The first-order chi connectivity index (χ1) is 21.8. The van der Waals surface area contributed by atoms with Crippen LogP contribution in [0.1, 0.15) is 0 Å². The highest BCUT2D eigenvalue weighted by Crippen LogP contribution is 2.40. The molecule has 6 aromatic heterocycles. The van der Waals surface area contributed by atoms with E-state index < -0.39 is 0 Å². The van der Waals surface area contributed by atoms with Crippen molar-refractivity contribution >= 4 is 53.4 Å². The lowest BCUT2D eigenvalue weighted by atomic mass is 10.1. The lowest BCUT2D eigenvalue weighted by Crippen LogP contribution is -2.04. The highest BCUT2D eigenvalue weighted by molar-refractivity contribution is 7.25. The highest BCUT2D eigenvalue weighted by Gasteiger charge is 2.20. The first-order valence-electron chi connectivity index (χ1n) is 14.3. The first-order valence-corrected chi connectivity index (χ1v) is 15.1. The molecule has 206 valence electrons. The molecule has 44 heavy (non-hydrogen) atoms. The van der Waals surface area contributed by atoms with E-state index in [1.807, 2.05) is 48.5 Å². The fraction of sp³-hybridized carbons (Fsp3) is 0. The van der Waals surface area contributed by atoms with Gasteiger partial charge in [-0.05, 0) is 60.7 Å². The Morgan fingerprint density at radius 3 is 1.84 bits per heavy atom. The molecule has 0 N–H and O–H groups in total. The van der Waals surface area contributed by atoms with Crippen LogP contribution in [0.15, 0.2) is 134 Å². The fourth-order valence-electron chi connectivity index (χ4n) is 5.96. The fourth-order valence-corrected chi connectivity index (χ4v) is 7.08. The number of benzene rings is 3. The zero-order valence-corrected chi connectivity index (χ0v) is 24.1. The third kappa shape index (κ3) is 3.98. The van der Waals surface area contributed by atoms with Crippen LogP contribution in [0.4, 0.5) is 0 Å². The predicted molar refractivity (Wildman–Crippen MR) is 179 cm³/mol. The van der Waals surface area contributed by atoms with Crippen LogP contribution in [0.3, 0.4) is 0 Å². The molecule has 7 heteroatoms. The second kappa shape index (κ2) is 9.90. The standard InChI is InChI=1S/C37H22N6S/c1-2-6-23(7-3-1)29-10-11-32-36(40-29)28-20-27-26-8-4-5-9-34(26)44-35(27)22-33(28)43(32)37-41-30(24-12-16-38-17-13-24)21-31(42-37)25-14-18-39-19-15-25/h1-22H. The zero-order chi connectivity index (χ0) is 29.0. The molecule has 0 spiro atoms. The van der Waals surface area contributed by atoms with Crippen LogP contribution in [-0.4, -0.2) is 29.5 Å². The number of rotatable bonds is 4. The monoisotopic (exact) mass is 582 g/mol. The molecule has 0 unspecified atom stereocenters. The Bertz CT molecular complexity index is 2430. The maximum atomic E-state index is 5.26. The van der Waals surface area contributed by atoms with Gasteiger partial charge in [0.25, 0.3) is 0 Å². The average molecular weight is 583 g/mol. The summed E-state index contributed by atoms with van der Waals surface area (Å²) in [6, 6.07) is 37.6. The van der Waals surface area contributed by atoms with Crippen LogP contribution >= 0.6 is 11.3 Å². The number of pyridine rings is 3. The Hall–Kier alpha value is -5.79. The van der Waals surface area contributed by atoms with Crippen molar-refractivity contribution in [1.29, 1.82) is 0 Å². The minimum atomic E-state index is 0.584. The predicted octanol–water partition coefficient (Wildman–Crippen LogP) is 9.13. The number of hydrogen-bond donors (Lipinski definition) is 0. The average Bonchev–Trinajstić information content (AvgIpc) is 3.62. The van der Waals surface area contributed by atoms with E-state index in [0.29, 0.717) is 5.95 Å². The number of aromatic nitrogens is 6. The molecule has 9 rings (SSSR count). The summed E-state index contributed by atoms with van der Waals surface area (Å²) in [7, 11) is 0. The van der Waals surface area contributed by atoms with E-state index in [9.17, 15) is 0 Å². The SMILES string of the molecule is c1ccc(-c2ccc3c(n2)c2cc4c(cc2n3-c2nc(-c3ccncc3)cc(-c3ccncc3)n2)sc2ccccc24)cc1. The van der Waals surface area contributed by atoms with Crippen molar-refractivity contribution < 1.29 is 0 Å². The van der Waals surface area contributed by atoms with Crippen LogP contribution in [0.25, 0.3) is 81.8 Å². The van der Waals surface area contributed by atoms with E-state index in [2.05, 4.69) is 75.2 Å². The molecule has 0 saturated carbocycles. The molecule has 0 amide bonds. The molecule has 6 nitrogen and oxygen atoms in total. The second-order valence-corrected chi connectivity index (χ2v) is 11.7. The molecule has 0 aliphatic rings. The quantitative estimate of drug-likeness (QED) is 0.207. The van der Waals surface area contributed by atoms with Gasteiger partial charge in [-0.25, -0.2) is 15.0 Å². The van der Waals surface area contributed by atoms with Gasteiger partial charge in [-0.1, -0.05) is 48.5 Å². The largest absolute Gasteiger partial charge is 0.276 e. The molecule has 9 aromatic rings. The minimum Gasteiger partial charge on any atom is -0.276 e. The van der Waals surface area contributed by atoms with E-state index in [4.69, 9.17) is 15.0 Å². The van der Waals surface area contributed by atoms with Gasteiger partial charge in [0.05, 0.1) is 33.6 Å². The van der Waals surface area contributed by atoms with Crippen molar-refractivity contribution in [2.75, 3.05) is 0 Å². The zero-order valence-electron chi connectivity index (χ0n) is 23.3. The van der Waals surface area contributed by atoms with Crippen LogP contribution < -0.4 is 0 Å². The number of nitrogens with zero attached hydrogens (tertiary/aromatic N) is 6. The topological polar surface area (TPSA) is 69.4 Å². The van der Waals surface area contributed by atoms with Gasteiger partial charge < -0.3 is 0 Å². The van der Waals surface area contributed by atoms with Crippen molar-refractivity contribution in [1.82, 2.24) is 29.5 Å². The smallest absolute Gasteiger partial charge is 0.235 e. The van der Waals surface area contributed by atoms with Gasteiger partial charge in [0.1, 0.15) is 0 Å². The molecule has 0 bridgehead atoms. The molecule has 0 aliphatic heterocycles. The van der Waals surface area contributed by atoms with Gasteiger partial charge in [-0.3, -0.25) is 14.5 Å². The lowest BCUT2D eigenvalue weighted by Gasteiger charge is -2.11. The number of fused-ring (bicyclic) bond motifs is 6. The van der Waals surface area contributed by atoms with E-state index in [0.717, 1.165) is 55.7 Å². The third-order valence-corrected chi connectivity index (χ3v) is 9.18. The summed E-state index contributed by atoms with van der Waals surface area (Å²) in [6.07, 6.45) is 7.15. The minimum absolute atomic E-state index is 0.584. The van der Waals surface area contributed by atoms with Crippen LogP contribution in [0.2, 0.25) is 0 Å². The molecular weight excluding hydrogens is 561 g/mol. The lowest BCUT2D eigenvalue weighted by molar-refractivity contribution is 0.994. The van der Waals surface area contributed by atoms with Crippen molar-refractivity contribution in [3.8, 4) is 39.7 Å². The Balaban J connectivity index is 1.39. The van der Waals surface area contributed by atoms with Gasteiger partial charge in [0.2, 0.25) is 5.95 Å². The summed E-state index contributed by atoms with van der Waals surface area (Å²) in [5.74, 6) is 0.584. The normalized spacial score (nSPS) is 11.6. The number of hydrogen-bond acceptors (Lipinski definition) is 6. The number of thiophene rings is 1. The summed E-state index contributed by atoms with van der Waals surface area (Å²) < 4.78 is 4.64. The Kier molecular flexibility index (Phi) is 5.57. The summed E-state index contributed by atoms with van der Waals surface area (Å²) in [5, 5.41) is 3.55. The van der Waals surface area contributed by atoms with Crippen LogP contribution in [-0.2, 0) is 0 Å². The van der Waals surface area contributed by atoms with Gasteiger partial charge in [-0.2, -0.15) is 0 Å². The van der Waals surface area contributed by atoms with Crippen LogP contribution in [0, 0.1) is 0 Å². The molecule has 0 radical (unpaired) electrons. The molecule has 0 atom stereocenters. The molecule has 0 fully saturated rings. The van der Waals surface area contributed by atoms with Gasteiger partial charge in [0, 0.05) is 67.0 Å².